The molecular weight excluding hydrogens is 232 g/mol. The molecule has 2 rings (SSSR count). The lowest BCUT2D eigenvalue weighted by Gasteiger charge is -2.07. The highest BCUT2D eigenvalue weighted by atomic mass is 17.2. The van der Waals surface area contributed by atoms with Gasteiger partial charge in [-0.2, -0.15) is 0 Å². The Labute approximate surface area is 104 Å². The molecule has 1 aromatic carbocycles. The van der Waals surface area contributed by atoms with Gasteiger partial charge in [0, 0.05) is 5.57 Å². The van der Waals surface area contributed by atoms with Crippen molar-refractivity contribution in [2.45, 2.75) is 12.8 Å². The molecule has 0 aromatic heterocycles. The fourth-order valence-corrected chi connectivity index (χ4v) is 1.52. The van der Waals surface area contributed by atoms with Crippen molar-refractivity contribution in [2.75, 3.05) is 0 Å². The average Bonchev–Trinajstić information content (AvgIpc) is 2.46. The summed E-state index contributed by atoms with van der Waals surface area (Å²) in [4.78, 5) is 32.0. The number of rotatable bonds is 2. The summed E-state index contributed by atoms with van der Waals surface area (Å²) < 4.78 is 0. The first-order valence-electron chi connectivity index (χ1n) is 5.61. The molecule has 0 spiro atoms. The van der Waals surface area contributed by atoms with E-state index in [2.05, 4.69) is 9.78 Å². The van der Waals surface area contributed by atoms with Gasteiger partial charge < -0.3 is 0 Å². The van der Waals surface area contributed by atoms with Crippen LogP contribution in [-0.4, -0.2) is 11.9 Å². The minimum Gasteiger partial charge on any atom is -0.242 e. The zero-order valence-electron chi connectivity index (χ0n) is 9.67. The van der Waals surface area contributed by atoms with Gasteiger partial charge in [-0.3, -0.25) is 0 Å². The quantitative estimate of drug-likeness (QED) is 0.592. The molecule has 0 N–H and O–H groups in total. The molecule has 18 heavy (non-hydrogen) atoms. The van der Waals surface area contributed by atoms with Gasteiger partial charge in [0.05, 0.1) is 5.56 Å². The van der Waals surface area contributed by atoms with E-state index in [0.29, 0.717) is 17.6 Å². The maximum atomic E-state index is 11.5. The van der Waals surface area contributed by atoms with Gasteiger partial charge in [-0.1, -0.05) is 36.4 Å². The smallest absolute Gasteiger partial charge is 0.242 e. The van der Waals surface area contributed by atoms with Crippen molar-refractivity contribution in [3.05, 3.63) is 59.7 Å². The van der Waals surface area contributed by atoms with Gasteiger partial charge in [-0.25, -0.2) is 19.4 Å². The van der Waals surface area contributed by atoms with Crippen LogP contribution >= 0.6 is 0 Å². The molecule has 0 heterocycles. The van der Waals surface area contributed by atoms with Crippen molar-refractivity contribution in [3.8, 4) is 0 Å². The van der Waals surface area contributed by atoms with E-state index < -0.39 is 11.9 Å². The lowest BCUT2D eigenvalue weighted by Crippen LogP contribution is -2.13. The van der Waals surface area contributed by atoms with Crippen LogP contribution < -0.4 is 0 Å². The number of carbonyl (C=O) groups excluding carboxylic acids is 2. The van der Waals surface area contributed by atoms with E-state index in [9.17, 15) is 9.59 Å². The molecule has 0 atom stereocenters. The van der Waals surface area contributed by atoms with Crippen LogP contribution in [0, 0.1) is 0 Å². The van der Waals surface area contributed by atoms with Crippen molar-refractivity contribution in [2.24, 2.45) is 0 Å². The Morgan fingerprint density at radius 2 is 1.72 bits per heavy atom. The van der Waals surface area contributed by atoms with Gasteiger partial charge >= 0.3 is 11.9 Å². The minimum atomic E-state index is -0.684. The lowest BCUT2D eigenvalue weighted by molar-refractivity contribution is -0.229. The first kappa shape index (κ1) is 12.1. The molecule has 0 saturated carbocycles. The maximum Gasteiger partial charge on any atom is 0.386 e. The summed E-state index contributed by atoms with van der Waals surface area (Å²) in [6, 6.07) is 8.35. The molecule has 0 saturated heterocycles. The first-order chi connectivity index (χ1) is 8.77. The fourth-order valence-electron chi connectivity index (χ4n) is 1.52. The molecule has 0 aliphatic heterocycles. The van der Waals surface area contributed by atoms with E-state index in [1.54, 1.807) is 42.5 Å². The first-order valence-corrected chi connectivity index (χ1v) is 5.61. The zero-order valence-corrected chi connectivity index (χ0v) is 9.67. The second-order valence-corrected chi connectivity index (χ2v) is 3.77. The lowest BCUT2D eigenvalue weighted by atomic mass is 10.1. The Morgan fingerprint density at radius 1 is 1.00 bits per heavy atom. The van der Waals surface area contributed by atoms with Gasteiger partial charge in [-0.05, 0) is 25.0 Å². The van der Waals surface area contributed by atoms with Crippen molar-refractivity contribution in [1.82, 2.24) is 0 Å². The van der Waals surface area contributed by atoms with Crippen LogP contribution in [0.3, 0.4) is 0 Å². The van der Waals surface area contributed by atoms with E-state index in [1.165, 1.54) is 0 Å². The standard InChI is InChI=1S/C14H12O4/c15-13(11-7-3-1-4-8-11)17-18-14(16)12-9-5-2-6-10-12/h1-5,7-9H,6,10H2. The van der Waals surface area contributed by atoms with Crippen molar-refractivity contribution >= 4 is 11.9 Å². The third kappa shape index (κ3) is 3.07. The van der Waals surface area contributed by atoms with Gasteiger partial charge in [0.15, 0.2) is 0 Å². The third-order valence-electron chi connectivity index (χ3n) is 2.48. The molecule has 0 amide bonds. The topological polar surface area (TPSA) is 52.6 Å². The molecular formula is C14H12O4. The number of hydrogen-bond donors (Lipinski definition) is 0. The van der Waals surface area contributed by atoms with E-state index in [4.69, 9.17) is 0 Å². The summed E-state index contributed by atoms with van der Waals surface area (Å²) in [5.74, 6) is -1.31. The molecule has 1 aliphatic carbocycles. The SMILES string of the molecule is O=C(OOC(=O)c1ccccc1)C1=CC=CCC1. The summed E-state index contributed by atoms with van der Waals surface area (Å²) in [6.07, 6.45) is 6.76. The van der Waals surface area contributed by atoms with Crippen LogP contribution in [0.5, 0.6) is 0 Å². The predicted molar refractivity (Wildman–Crippen MR) is 64.4 cm³/mol. The van der Waals surface area contributed by atoms with E-state index in [1.807, 2.05) is 6.08 Å². The van der Waals surface area contributed by atoms with E-state index in [0.717, 1.165) is 6.42 Å². The second kappa shape index (κ2) is 5.82. The van der Waals surface area contributed by atoms with Gasteiger partial charge in [0.2, 0.25) is 0 Å². The Bertz CT molecular complexity index is 500. The van der Waals surface area contributed by atoms with Crippen molar-refractivity contribution in [3.63, 3.8) is 0 Å². The Hall–Kier alpha value is -2.36. The summed E-state index contributed by atoms with van der Waals surface area (Å²) in [5, 5.41) is 0. The molecule has 4 nitrogen and oxygen atoms in total. The van der Waals surface area contributed by atoms with Gasteiger partial charge in [-0.15, -0.1) is 0 Å². The maximum absolute atomic E-state index is 11.5. The molecule has 0 bridgehead atoms. The van der Waals surface area contributed by atoms with Crippen LogP contribution in [0.15, 0.2) is 54.1 Å². The van der Waals surface area contributed by atoms with Crippen LogP contribution in [0.1, 0.15) is 23.2 Å². The number of allylic oxidation sites excluding steroid dienone is 3. The third-order valence-corrected chi connectivity index (χ3v) is 2.48. The van der Waals surface area contributed by atoms with Crippen LogP contribution in [0.4, 0.5) is 0 Å². The fraction of sp³-hybridized carbons (Fsp3) is 0.143. The average molecular weight is 244 g/mol. The number of benzene rings is 1. The van der Waals surface area contributed by atoms with Crippen LogP contribution in [0.2, 0.25) is 0 Å². The van der Waals surface area contributed by atoms with Crippen molar-refractivity contribution < 1.29 is 19.4 Å². The highest BCUT2D eigenvalue weighted by molar-refractivity contribution is 5.92. The number of hydrogen-bond acceptors (Lipinski definition) is 4. The highest BCUT2D eigenvalue weighted by Crippen LogP contribution is 2.13. The Kier molecular flexibility index (Phi) is 3.91. The summed E-state index contributed by atoms with van der Waals surface area (Å²) in [6.45, 7) is 0. The summed E-state index contributed by atoms with van der Waals surface area (Å²) >= 11 is 0. The van der Waals surface area contributed by atoms with Crippen molar-refractivity contribution in [1.29, 1.82) is 0 Å². The van der Waals surface area contributed by atoms with Gasteiger partial charge in [0.25, 0.3) is 0 Å². The highest BCUT2D eigenvalue weighted by Gasteiger charge is 2.16. The summed E-state index contributed by atoms with van der Waals surface area (Å²) in [7, 11) is 0. The monoisotopic (exact) mass is 244 g/mol. The molecule has 1 aliphatic rings. The largest absolute Gasteiger partial charge is 0.386 e. The molecule has 1 aromatic rings. The van der Waals surface area contributed by atoms with Crippen LogP contribution in [0.25, 0.3) is 0 Å². The Balaban J connectivity index is 1.88. The molecule has 0 radical (unpaired) electrons. The molecule has 92 valence electrons. The second-order valence-electron chi connectivity index (χ2n) is 3.77. The Morgan fingerprint density at radius 3 is 2.39 bits per heavy atom. The van der Waals surface area contributed by atoms with E-state index in [-0.39, 0.29) is 0 Å². The summed E-state index contributed by atoms with van der Waals surface area (Å²) in [5.41, 5.74) is 0.834. The zero-order chi connectivity index (χ0) is 12.8. The number of carbonyl (C=O) groups is 2. The predicted octanol–water partition coefficient (Wildman–Crippen LogP) is 2.58. The molecule has 0 fully saturated rings. The minimum absolute atomic E-state index is 0.336. The molecule has 4 heteroatoms. The normalized spacial score (nSPS) is 13.7. The van der Waals surface area contributed by atoms with E-state index >= 15 is 0 Å². The van der Waals surface area contributed by atoms with Crippen LogP contribution in [-0.2, 0) is 14.6 Å². The van der Waals surface area contributed by atoms with Gasteiger partial charge in [0.1, 0.15) is 0 Å². The molecule has 0 unspecified atom stereocenters.